The van der Waals surface area contributed by atoms with Gasteiger partial charge < -0.3 is 14.9 Å². The summed E-state index contributed by atoms with van der Waals surface area (Å²) in [6.45, 7) is 10.5. The van der Waals surface area contributed by atoms with Gasteiger partial charge in [0.2, 0.25) is 0 Å². The molecule has 3 aromatic rings. The van der Waals surface area contributed by atoms with Gasteiger partial charge in [-0.15, -0.1) is 0 Å². The van der Waals surface area contributed by atoms with Crippen LogP contribution in [-0.2, 0) is 0 Å². The second-order valence-corrected chi connectivity index (χ2v) is 11.6. The van der Waals surface area contributed by atoms with Crippen molar-refractivity contribution in [3.63, 3.8) is 0 Å². The Bertz CT molecular complexity index is 1550. The summed E-state index contributed by atoms with van der Waals surface area (Å²) in [7, 11) is 0. The van der Waals surface area contributed by atoms with E-state index < -0.39 is 11.8 Å². The van der Waals surface area contributed by atoms with Crippen LogP contribution in [0.25, 0.3) is 16.7 Å². The first-order valence-corrected chi connectivity index (χ1v) is 14.2. The van der Waals surface area contributed by atoms with Gasteiger partial charge in [-0.25, -0.2) is 19.1 Å². The lowest BCUT2D eigenvalue weighted by molar-refractivity contribution is 0.114. The zero-order chi connectivity index (χ0) is 28.7. The maximum absolute atomic E-state index is 14.0. The van der Waals surface area contributed by atoms with Gasteiger partial charge in [-0.05, 0) is 57.2 Å². The number of aromatic nitrogens is 4. The van der Waals surface area contributed by atoms with Crippen molar-refractivity contribution in [1.29, 1.82) is 5.26 Å². The van der Waals surface area contributed by atoms with Gasteiger partial charge in [-0.2, -0.15) is 10.2 Å². The van der Waals surface area contributed by atoms with Crippen molar-refractivity contribution in [2.24, 2.45) is 0 Å². The number of anilines is 1. The van der Waals surface area contributed by atoms with Crippen molar-refractivity contribution in [1.82, 2.24) is 24.4 Å². The molecule has 5 rings (SSSR count). The third kappa shape index (κ3) is 4.78. The first kappa shape index (κ1) is 27.6. The summed E-state index contributed by atoms with van der Waals surface area (Å²) in [5, 5.41) is 20.5. The summed E-state index contributed by atoms with van der Waals surface area (Å²) in [6.07, 6.45) is 6.07. The molecule has 0 aromatic carbocycles. The third-order valence-electron chi connectivity index (χ3n) is 8.42. The molecular weight excluding hydrogens is 506 g/mol. The van der Waals surface area contributed by atoms with E-state index >= 15 is 0 Å². The molecule has 10 nitrogen and oxygen atoms in total. The quantitative estimate of drug-likeness (QED) is 0.481. The summed E-state index contributed by atoms with van der Waals surface area (Å²) in [5.41, 5.74) is 3.59. The molecule has 4 heterocycles. The van der Waals surface area contributed by atoms with Gasteiger partial charge in [0.1, 0.15) is 11.9 Å². The highest BCUT2D eigenvalue weighted by atomic mass is 16.4. The molecule has 0 unspecified atom stereocenters. The molecule has 10 heteroatoms. The highest BCUT2D eigenvalue weighted by molar-refractivity contribution is 5.90. The van der Waals surface area contributed by atoms with Crippen molar-refractivity contribution in [3.05, 3.63) is 51.3 Å². The Kier molecular flexibility index (Phi) is 7.49. The predicted molar refractivity (Wildman–Crippen MR) is 153 cm³/mol. The van der Waals surface area contributed by atoms with Crippen molar-refractivity contribution in [2.75, 3.05) is 18.0 Å². The third-order valence-corrected chi connectivity index (χ3v) is 8.42. The number of pyridine rings is 2. The van der Waals surface area contributed by atoms with Gasteiger partial charge in [0.05, 0.1) is 28.0 Å². The van der Waals surface area contributed by atoms with E-state index in [4.69, 9.17) is 4.98 Å². The van der Waals surface area contributed by atoms with Crippen LogP contribution in [0.5, 0.6) is 0 Å². The lowest BCUT2D eigenvalue weighted by atomic mass is 9.85. The van der Waals surface area contributed by atoms with Gasteiger partial charge in [0.15, 0.2) is 5.65 Å². The number of fused-ring (bicyclic) bond motifs is 1. The van der Waals surface area contributed by atoms with Crippen LogP contribution >= 0.6 is 0 Å². The molecule has 1 aliphatic heterocycles. The van der Waals surface area contributed by atoms with E-state index in [1.807, 2.05) is 51.7 Å². The Hall–Kier alpha value is -4.00. The molecule has 0 bridgehead atoms. The van der Waals surface area contributed by atoms with Crippen LogP contribution in [0.1, 0.15) is 94.1 Å². The molecule has 2 atom stereocenters. The van der Waals surface area contributed by atoms with E-state index in [1.165, 1.54) is 11.3 Å². The second-order valence-electron chi connectivity index (χ2n) is 11.6. The Morgan fingerprint density at radius 1 is 1.12 bits per heavy atom. The SMILES string of the molecule is Cc1ccnc(C(C)C)c1-n1c(=O)nc(N2C[C@@H](C)N(C(=O)O)C[C@@H]2C)c2cc(C#N)c(C3CCCCC3)nc21. The van der Waals surface area contributed by atoms with Gasteiger partial charge in [0, 0.05) is 37.3 Å². The molecule has 2 aliphatic rings. The van der Waals surface area contributed by atoms with Crippen molar-refractivity contribution < 1.29 is 9.90 Å². The fourth-order valence-corrected chi connectivity index (χ4v) is 6.31. The summed E-state index contributed by atoms with van der Waals surface area (Å²) in [4.78, 5) is 43.6. The minimum atomic E-state index is -0.967. The first-order valence-electron chi connectivity index (χ1n) is 14.2. The topological polar surface area (TPSA) is 128 Å². The number of piperazine rings is 1. The molecule has 1 aliphatic carbocycles. The summed E-state index contributed by atoms with van der Waals surface area (Å²) in [6, 6.07) is 5.57. The molecule has 0 radical (unpaired) electrons. The number of carbonyl (C=O) groups is 1. The Morgan fingerprint density at radius 3 is 2.50 bits per heavy atom. The van der Waals surface area contributed by atoms with Crippen LogP contribution in [-0.4, -0.2) is 60.8 Å². The molecule has 1 saturated heterocycles. The van der Waals surface area contributed by atoms with Crippen molar-refractivity contribution in [3.8, 4) is 11.8 Å². The molecule has 1 amide bonds. The molecular formula is C30H37N7O3. The van der Waals surface area contributed by atoms with E-state index in [0.29, 0.717) is 34.6 Å². The average molecular weight is 544 g/mol. The van der Waals surface area contributed by atoms with Gasteiger partial charge in [-0.3, -0.25) is 4.98 Å². The molecule has 1 N–H and O–H groups in total. The minimum absolute atomic E-state index is 0.0534. The van der Waals surface area contributed by atoms with Crippen LogP contribution in [0.15, 0.2) is 23.1 Å². The standard InChI is InChI=1S/C30H37N7O3/c1-17(2)24-26(18(3)11-12-32-24)37-28-23(13-22(14-31)25(33-28)21-9-7-6-8-10-21)27(34-29(37)38)35-15-20(5)36(30(39)40)16-19(35)4/h11-13,17,19-21H,6-10,15-16H2,1-5H3,(H,39,40)/t19-,20+/m0/s1. The molecule has 3 aromatic heterocycles. The highest BCUT2D eigenvalue weighted by Gasteiger charge is 2.35. The highest BCUT2D eigenvalue weighted by Crippen LogP contribution is 2.37. The summed E-state index contributed by atoms with van der Waals surface area (Å²) in [5.74, 6) is 0.649. The van der Waals surface area contributed by atoms with Crippen molar-refractivity contribution in [2.45, 2.75) is 90.6 Å². The molecule has 2 fully saturated rings. The Balaban J connectivity index is 1.81. The Labute approximate surface area is 234 Å². The number of rotatable bonds is 4. The number of hydrogen-bond acceptors (Lipinski definition) is 7. The lowest BCUT2D eigenvalue weighted by Crippen LogP contribution is -2.58. The zero-order valence-electron chi connectivity index (χ0n) is 23.9. The molecule has 40 heavy (non-hydrogen) atoms. The van der Waals surface area contributed by atoms with Crippen LogP contribution < -0.4 is 10.6 Å². The number of nitriles is 1. The number of carboxylic acid groups (broad SMARTS) is 1. The van der Waals surface area contributed by atoms with Crippen LogP contribution in [0.4, 0.5) is 10.6 Å². The fraction of sp³-hybridized carbons (Fsp3) is 0.533. The van der Waals surface area contributed by atoms with E-state index in [1.54, 1.807) is 10.8 Å². The number of hydrogen-bond donors (Lipinski definition) is 1. The largest absolute Gasteiger partial charge is 0.465 e. The van der Waals surface area contributed by atoms with E-state index in [-0.39, 0.29) is 30.5 Å². The average Bonchev–Trinajstić information content (AvgIpc) is 2.93. The zero-order valence-corrected chi connectivity index (χ0v) is 23.9. The minimum Gasteiger partial charge on any atom is -0.465 e. The first-order chi connectivity index (χ1) is 19.1. The number of aryl methyl sites for hydroxylation is 1. The maximum Gasteiger partial charge on any atom is 0.407 e. The van der Waals surface area contributed by atoms with E-state index in [9.17, 15) is 20.0 Å². The van der Waals surface area contributed by atoms with Crippen LogP contribution in [0.3, 0.4) is 0 Å². The van der Waals surface area contributed by atoms with Crippen molar-refractivity contribution >= 4 is 22.9 Å². The van der Waals surface area contributed by atoms with E-state index in [2.05, 4.69) is 16.0 Å². The smallest absolute Gasteiger partial charge is 0.407 e. The predicted octanol–water partition coefficient (Wildman–Crippen LogP) is 5.10. The monoisotopic (exact) mass is 543 g/mol. The Morgan fingerprint density at radius 2 is 1.85 bits per heavy atom. The second kappa shape index (κ2) is 10.9. The van der Waals surface area contributed by atoms with Gasteiger partial charge >= 0.3 is 11.8 Å². The summed E-state index contributed by atoms with van der Waals surface area (Å²) >= 11 is 0. The van der Waals surface area contributed by atoms with Crippen LogP contribution in [0.2, 0.25) is 0 Å². The van der Waals surface area contributed by atoms with E-state index in [0.717, 1.165) is 42.6 Å². The van der Waals surface area contributed by atoms with Gasteiger partial charge in [0.25, 0.3) is 0 Å². The molecule has 0 spiro atoms. The molecule has 1 saturated carbocycles. The maximum atomic E-state index is 14.0. The summed E-state index contributed by atoms with van der Waals surface area (Å²) < 4.78 is 1.57. The lowest BCUT2D eigenvalue weighted by Gasteiger charge is -2.43. The van der Waals surface area contributed by atoms with Crippen LogP contribution in [0, 0.1) is 18.3 Å². The number of nitrogens with zero attached hydrogens (tertiary/aromatic N) is 7. The van der Waals surface area contributed by atoms with Gasteiger partial charge in [-0.1, -0.05) is 33.1 Å². The normalized spacial score (nSPS) is 20.2. The fourth-order valence-electron chi connectivity index (χ4n) is 6.31. The molecule has 210 valence electrons. The number of amides is 1.